The lowest BCUT2D eigenvalue weighted by Gasteiger charge is -2.24. The second kappa shape index (κ2) is 9.30. The van der Waals surface area contributed by atoms with Gasteiger partial charge in [0.1, 0.15) is 6.61 Å². The van der Waals surface area contributed by atoms with Crippen molar-refractivity contribution in [2.45, 2.75) is 25.9 Å². The van der Waals surface area contributed by atoms with Crippen LogP contribution in [0.3, 0.4) is 0 Å². The van der Waals surface area contributed by atoms with Gasteiger partial charge in [-0.15, -0.1) is 12.4 Å². The highest BCUT2D eigenvalue weighted by molar-refractivity contribution is 9.10. The first-order chi connectivity index (χ1) is 9.43. The van der Waals surface area contributed by atoms with E-state index in [0.717, 1.165) is 10.0 Å². The molecule has 0 aliphatic rings. The molecule has 120 valence electrons. The maximum absolute atomic E-state index is 9.24. The summed E-state index contributed by atoms with van der Waals surface area (Å²) >= 11 is 3.49. The SMILES string of the molecule is C=CCOc1c(Br)cc(CNC(C)(C)CO)cc1OC.Cl. The third-order valence-corrected chi connectivity index (χ3v) is 3.39. The molecule has 0 fully saturated rings. The maximum Gasteiger partial charge on any atom is 0.175 e. The number of rotatable bonds is 8. The van der Waals surface area contributed by atoms with E-state index < -0.39 is 0 Å². The van der Waals surface area contributed by atoms with Crippen molar-refractivity contribution in [1.29, 1.82) is 0 Å². The lowest BCUT2D eigenvalue weighted by Crippen LogP contribution is -2.42. The molecule has 1 aromatic carbocycles. The van der Waals surface area contributed by atoms with Crippen molar-refractivity contribution in [3.63, 3.8) is 0 Å². The summed E-state index contributed by atoms with van der Waals surface area (Å²) in [4.78, 5) is 0. The minimum Gasteiger partial charge on any atom is -0.493 e. The van der Waals surface area contributed by atoms with E-state index in [9.17, 15) is 5.11 Å². The average Bonchev–Trinajstić information content (AvgIpc) is 2.43. The van der Waals surface area contributed by atoms with Crippen LogP contribution < -0.4 is 14.8 Å². The fourth-order valence-electron chi connectivity index (χ4n) is 1.55. The number of aliphatic hydroxyl groups excluding tert-OH is 1. The Balaban J connectivity index is 0.00000400. The lowest BCUT2D eigenvalue weighted by atomic mass is 10.1. The minimum absolute atomic E-state index is 0. The molecule has 0 amide bonds. The van der Waals surface area contributed by atoms with Crippen molar-refractivity contribution >= 4 is 28.3 Å². The molecular weight excluding hydrogens is 358 g/mol. The van der Waals surface area contributed by atoms with Crippen LogP contribution >= 0.6 is 28.3 Å². The molecule has 0 radical (unpaired) electrons. The van der Waals surface area contributed by atoms with Gasteiger partial charge in [0.2, 0.25) is 0 Å². The molecule has 0 atom stereocenters. The summed E-state index contributed by atoms with van der Waals surface area (Å²) in [6, 6.07) is 3.89. The molecule has 21 heavy (non-hydrogen) atoms. The fraction of sp³-hybridized carbons (Fsp3) is 0.467. The summed E-state index contributed by atoms with van der Waals surface area (Å²) in [5, 5.41) is 12.5. The van der Waals surface area contributed by atoms with Crippen molar-refractivity contribution in [3.8, 4) is 11.5 Å². The van der Waals surface area contributed by atoms with E-state index in [2.05, 4.69) is 27.8 Å². The summed E-state index contributed by atoms with van der Waals surface area (Å²) < 4.78 is 11.8. The van der Waals surface area contributed by atoms with Gasteiger partial charge < -0.3 is 19.9 Å². The van der Waals surface area contributed by atoms with Crippen molar-refractivity contribution < 1.29 is 14.6 Å². The quantitative estimate of drug-likeness (QED) is 0.679. The first kappa shape index (κ1) is 20.2. The summed E-state index contributed by atoms with van der Waals surface area (Å²) in [7, 11) is 1.61. The van der Waals surface area contributed by atoms with Gasteiger partial charge in [0, 0.05) is 12.1 Å². The Morgan fingerprint density at radius 3 is 2.62 bits per heavy atom. The predicted molar refractivity (Wildman–Crippen MR) is 91.6 cm³/mol. The van der Waals surface area contributed by atoms with Gasteiger partial charge in [-0.1, -0.05) is 12.7 Å². The summed E-state index contributed by atoms with van der Waals surface area (Å²) in [5.74, 6) is 1.33. The molecule has 4 nitrogen and oxygen atoms in total. The van der Waals surface area contributed by atoms with Crippen molar-refractivity contribution in [1.82, 2.24) is 5.32 Å². The third kappa shape index (κ3) is 6.26. The summed E-state index contributed by atoms with van der Waals surface area (Å²) in [6.45, 7) is 8.65. The number of aliphatic hydroxyl groups is 1. The van der Waals surface area contributed by atoms with Gasteiger partial charge in [-0.25, -0.2) is 0 Å². The van der Waals surface area contributed by atoms with E-state index in [0.29, 0.717) is 24.7 Å². The van der Waals surface area contributed by atoms with Gasteiger partial charge in [0.15, 0.2) is 11.5 Å². The zero-order chi connectivity index (χ0) is 15.2. The maximum atomic E-state index is 9.24. The number of hydrogen-bond donors (Lipinski definition) is 2. The largest absolute Gasteiger partial charge is 0.493 e. The third-order valence-electron chi connectivity index (χ3n) is 2.80. The number of ether oxygens (including phenoxy) is 2. The zero-order valence-electron chi connectivity index (χ0n) is 12.6. The second-order valence-electron chi connectivity index (χ2n) is 5.10. The number of benzene rings is 1. The highest BCUT2D eigenvalue weighted by atomic mass is 79.9. The van der Waals surface area contributed by atoms with Crippen molar-refractivity contribution in [2.75, 3.05) is 20.3 Å². The standard InChI is InChI=1S/C15H22BrNO3.ClH/c1-5-6-20-14-12(16)7-11(8-13(14)19-4)9-17-15(2,3)10-18;/h5,7-8,17-18H,1,6,9-10H2,2-4H3;1H. The summed E-state index contributed by atoms with van der Waals surface area (Å²) in [5.41, 5.74) is 0.721. The Morgan fingerprint density at radius 2 is 2.10 bits per heavy atom. The molecule has 2 N–H and O–H groups in total. The van der Waals surface area contributed by atoms with E-state index in [1.807, 2.05) is 26.0 Å². The molecule has 1 rings (SSSR count). The van der Waals surface area contributed by atoms with Crippen molar-refractivity contribution in [2.24, 2.45) is 0 Å². The topological polar surface area (TPSA) is 50.7 Å². The molecule has 1 aromatic rings. The van der Waals surface area contributed by atoms with E-state index in [-0.39, 0.29) is 24.6 Å². The number of halogens is 2. The Kier molecular flexibility index (Phi) is 8.97. The van der Waals surface area contributed by atoms with Crippen LogP contribution in [0.4, 0.5) is 0 Å². The Bertz CT molecular complexity index is 466. The molecule has 0 saturated heterocycles. The van der Waals surface area contributed by atoms with Crippen LogP contribution in [0.2, 0.25) is 0 Å². The van der Waals surface area contributed by atoms with Crippen molar-refractivity contribution in [3.05, 3.63) is 34.8 Å². The molecule has 0 aromatic heterocycles. The molecule has 6 heteroatoms. The van der Waals surface area contributed by atoms with E-state index in [1.165, 1.54) is 0 Å². The van der Waals surface area contributed by atoms with Crippen LogP contribution in [0.1, 0.15) is 19.4 Å². The number of nitrogens with one attached hydrogen (secondary N) is 1. The molecule has 0 unspecified atom stereocenters. The molecule has 0 bridgehead atoms. The molecule has 0 aliphatic carbocycles. The van der Waals surface area contributed by atoms with Crippen LogP contribution in [0.25, 0.3) is 0 Å². The Hall–Kier alpha value is -0.750. The lowest BCUT2D eigenvalue weighted by molar-refractivity contribution is 0.187. The van der Waals surface area contributed by atoms with Crippen LogP contribution in [0, 0.1) is 0 Å². The molecular formula is C15H23BrClNO3. The van der Waals surface area contributed by atoms with Crippen LogP contribution in [-0.2, 0) is 6.54 Å². The van der Waals surface area contributed by atoms with E-state index in [4.69, 9.17) is 9.47 Å². The fourth-order valence-corrected chi connectivity index (χ4v) is 2.16. The average molecular weight is 381 g/mol. The minimum atomic E-state index is -0.322. The monoisotopic (exact) mass is 379 g/mol. The zero-order valence-corrected chi connectivity index (χ0v) is 15.0. The van der Waals surface area contributed by atoms with Gasteiger partial charge in [-0.05, 0) is 47.5 Å². The second-order valence-corrected chi connectivity index (χ2v) is 5.96. The van der Waals surface area contributed by atoms with E-state index in [1.54, 1.807) is 13.2 Å². The summed E-state index contributed by atoms with van der Waals surface area (Å²) in [6.07, 6.45) is 1.69. The Morgan fingerprint density at radius 1 is 1.43 bits per heavy atom. The first-order valence-corrected chi connectivity index (χ1v) is 7.19. The molecule has 0 spiro atoms. The first-order valence-electron chi connectivity index (χ1n) is 6.39. The number of hydrogen-bond acceptors (Lipinski definition) is 4. The highest BCUT2D eigenvalue weighted by Crippen LogP contribution is 2.36. The van der Waals surface area contributed by atoms with Crippen LogP contribution in [0.15, 0.2) is 29.3 Å². The van der Waals surface area contributed by atoms with Gasteiger partial charge in [-0.3, -0.25) is 0 Å². The predicted octanol–water partition coefficient (Wildman–Crippen LogP) is 3.30. The normalized spacial score (nSPS) is 10.7. The van der Waals surface area contributed by atoms with Gasteiger partial charge in [-0.2, -0.15) is 0 Å². The van der Waals surface area contributed by atoms with Gasteiger partial charge >= 0.3 is 0 Å². The van der Waals surface area contributed by atoms with E-state index >= 15 is 0 Å². The highest BCUT2D eigenvalue weighted by Gasteiger charge is 2.16. The smallest absolute Gasteiger partial charge is 0.175 e. The number of methoxy groups -OCH3 is 1. The molecule has 0 saturated carbocycles. The van der Waals surface area contributed by atoms with Crippen LogP contribution in [-0.4, -0.2) is 31.0 Å². The van der Waals surface area contributed by atoms with Gasteiger partial charge in [0.25, 0.3) is 0 Å². The Labute approximate surface area is 141 Å². The van der Waals surface area contributed by atoms with Crippen LogP contribution in [0.5, 0.6) is 11.5 Å². The molecule has 0 heterocycles. The van der Waals surface area contributed by atoms with Gasteiger partial charge in [0.05, 0.1) is 18.2 Å². The molecule has 0 aliphatic heterocycles.